The van der Waals surface area contributed by atoms with Crippen molar-refractivity contribution >= 4 is 23.6 Å². The van der Waals surface area contributed by atoms with Crippen LogP contribution in [0, 0.1) is 5.82 Å². The lowest BCUT2D eigenvalue weighted by Gasteiger charge is -2.29. The molecule has 0 aliphatic rings. The third kappa shape index (κ3) is 10.9. The summed E-state index contributed by atoms with van der Waals surface area (Å²) in [5.41, 5.74) is -0.705. The summed E-state index contributed by atoms with van der Waals surface area (Å²) in [7, 11) is 0. The average Bonchev–Trinajstić information content (AvgIpc) is 2.57. The number of rotatable bonds is 7. The molecule has 0 atom stereocenters. The molecule has 1 aromatic rings. The molecule has 4 N–H and O–H groups in total. The van der Waals surface area contributed by atoms with Gasteiger partial charge in [0, 0.05) is 18.8 Å². The van der Waals surface area contributed by atoms with Crippen LogP contribution in [0.5, 0.6) is 0 Å². The number of carbonyl (C=O) groups is 2. The Morgan fingerprint density at radius 2 is 1.69 bits per heavy atom. The SMILES string of the molecule is CCNC(=NCC(=O)Nc1ccc(F)cc1)NCC(C)(C)NC(=O)OC(C)(C)C. The first-order chi connectivity index (χ1) is 13.4. The molecule has 2 amide bonds. The Balaban J connectivity index is 2.58. The van der Waals surface area contributed by atoms with Crippen molar-refractivity contribution in [3.63, 3.8) is 0 Å². The molecule has 0 fully saturated rings. The number of halogens is 1. The largest absolute Gasteiger partial charge is 0.444 e. The highest BCUT2D eigenvalue weighted by Gasteiger charge is 2.24. The fraction of sp³-hybridized carbons (Fsp3) is 0.550. The molecular formula is C20H32FN5O3. The normalized spacial score (nSPS) is 12.2. The summed E-state index contributed by atoms with van der Waals surface area (Å²) in [6, 6.07) is 5.49. The topological polar surface area (TPSA) is 104 Å². The van der Waals surface area contributed by atoms with Gasteiger partial charge in [0.15, 0.2) is 5.96 Å². The van der Waals surface area contributed by atoms with Gasteiger partial charge in [0.25, 0.3) is 0 Å². The van der Waals surface area contributed by atoms with Crippen LogP contribution in [0.4, 0.5) is 14.9 Å². The van der Waals surface area contributed by atoms with E-state index in [1.54, 1.807) is 20.8 Å². The van der Waals surface area contributed by atoms with Gasteiger partial charge >= 0.3 is 6.09 Å². The van der Waals surface area contributed by atoms with Gasteiger partial charge in [-0.05, 0) is 65.8 Å². The van der Waals surface area contributed by atoms with Gasteiger partial charge in [-0.2, -0.15) is 0 Å². The Labute approximate surface area is 171 Å². The van der Waals surface area contributed by atoms with Crippen LogP contribution >= 0.6 is 0 Å². The second-order valence-corrected chi connectivity index (χ2v) is 8.11. The van der Waals surface area contributed by atoms with E-state index in [4.69, 9.17) is 4.74 Å². The number of amides is 2. The lowest BCUT2D eigenvalue weighted by molar-refractivity contribution is -0.114. The van der Waals surface area contributed by atoms with E-state index in [2.05, 4.69) is 26.3 Å². The van der Waals surface area contributed by atoms with Crippen molar-refractivity contribution in [3.05, 3.63) is 30.1 Å². The van der Waals surface area contributed by atoms with Crippen molar-refractivity contribution in [2.75, 3.05) is 25.0 Å². The zero-order chi connectivity index (χ0) is 22.1. The number of aliphatic imine (C=N–C) groups is 1. The van der Waals surface area contributed by atoms with E-state index in [0.717, 1.165) is 0 Å². The van der Waals surface area contributed by atoms with Crippen LogP contribution in [0.2, 0.25) is 0 Å². The number of ether oxygens (including phenoxy) is 1. The lowest BCUT2D eigenvalue weighted by atomic mass is 10.1. The second-order valence-electron chi connectivity index (χ2n) is 8.11. The van der Waals surface area contributed by atoms with Crippen LogP contribution in [0.15, 0.2) is 29.3 Å². The van der Waals surface area contributed by atoms with Gasteiger partial charge in [-0.3, -0.25) is 4.79 Å². The second kappa shape index (κ2) is 10.6. The van der Waals surface area contributed by atoms with Crippen LogP contribution < -0.4 is 21.3 Å². The van der Waals surface area contributed by atoms with E-state index < -0.39 is 17.2 Å². The van der Waals surface area contributed by atoms with Crippen LogP contribution in [0.1, 0.15) is 41.5 Å². The maximum atomic E-state index is 12.9. The predicted molar refractivity (Wildman–Crippen MR) is 112 cm³/mol. The Morgan fingerprint density at radius 1 is 1.07 bits per heavy atom. The van der Waals surface area contributed by atoms with Gasteiger partial charge in [-0.25, -0.2) is 14.2 Å². The molecule has 0 saturated heterocycles. The van der Waals surface area contributed by atoms with Crippen molar-refractivity contribution in [1.82, 2.24) is 16.0 Å². The van der Waals surface area contributed by atoms with Crippen molar-refractivity contribution in [3.8, 4) is 0 Å². The molecule has 0 radical (unpaired) electrons. The van der Waals surface area contributed by atoms with Gasteiger partial charge in [0.05, 0.1) is 5.54 Å². The number of guanidine groups is 1. The molecule has 29 heavy (non-hydrogen) atoms. The summed E-state index contributed by atoms with van der Waals surface area (Å²) in [6.07, 6.45) is -0.509. The summed E-state index contributed by atoms with van der Waals surface area (Å²) >= 11 is 0. The molecule has 0 bridgehead atoms. The number of hydrogen-bond acceptors (Lipinski definition) is 4. The van der Waals surface area contributed by atoms with Crippen molar-refractivity contribution in [2.24, 2.45) is 4.99 Å². The number of benzene rings is 1. The lowest BCUT2D eigenvalue weighted by Crippen LogP contribution is -2.54. The van der Waals surface area contributed by atoms with E-state index in [9.17, 15) is 14.0 Å². The molecule has 0 heterocycles. The molecule has 162 valence electrons. The number of nitrogens with one attached hydrogen (secondary N) is 4. The minimum absolute atomic E-state index is 0.118. The smallest absolute Gasteiger partial charge is 0.408 e. The molecule has 1 aromatic carbocycles. The quantitative estimate of drug-likeness (QED) is 0.409. The Morgan fingerprint density at radius 3 is 2.24 bits per heavy atom. The number of carbonyl (C=O) groups excluding carboxylic acids is 2. The van der Waals surface area contributed by atoms with E-state index in [1.165, 1.54) is 24.3 Å². The van der Waals surface area contributed by atoms with E-state index in [1.807, 2.05) is 20.8 Å². The highest BCUT2D eigenvalue weighted by atomic mass is 19.1. The molecule has 0 spiro atoms. The highest BCUT2D eigenvalue weighted by molar-refractivity contribution is 5.94. The number of anilines is 1. The van der Waals surface area contributed by atoms with Crippen LogP contribution in [0.25, 0.3) is 0 Å². The van der Waals surface area contributed by atoms with Crippen molar-refractivity contribution < 1.29 is 18.7 Å². The van der Waals surface area contributed by atoms with Gasteiger partial charge in [-0.1, -0.05) is 0 Å². The standard InChI is InChI=1S/C20H32FN5O3/c1-7-22-17(23-12-16(27)25-15-10-8-14(21)9-11-15)24-13-20(5,6)26-18(28)29-19(2,3)4/h8-11H,7,12-13H2,1-6H3,(H,25,27)(H,26,28)(H2,22,23,24). The molecule has 0 aromatic heterocycles. The first-order valence-electron chi connectivity index (χ1n) is 9.49. The first-order valence-corrected chi connectivity index (χ1v) is 9.49. The minimum Gasteiger partial charge on any atom is -0.444 e. The third-order valence-corrected chi connectivity index (χ3v) is 3.39. The van der Waals surface area contributed by atoms with Gasteiger partial charge in [0.2, 0.25) is 5.91 Å². The van der Waals surface area contributed by atoms with Crippen LogP contribution in [-0.4, -0.2) is 48.7 Å². The molecule has 0 saturated carbocycles. The number of alkyl carbamates (subject to hydrolysis) is 1. The molecule has 8 nitrogen and oxygen atoms in total. The Kier molecular flexibility index (Phi) is 8.87. The minimum atomic E-state index is -0.616. The van der Waals surface area contributed by atoms with Crippen molar-refractivity contribution in [1.29, 1.82) is 0 Å². The summed E-state index contributed by atoms with van der Waals surface area (Å²) < 4.78 is 18.2. The summed E-state index contributed by atoms with van der Waals surface area (Å²) in [6.45, 7) is 11.8. The molecule has 0 unspecified atom stereocenters. The zero-order valence-corrected chi connectivity index (χ0v) is 18.0. The van der Waals surface area contributed by atoms with E-state index >= 15 is 0 Å². The van der Waals surface area contributed by atoms with Gasteiger partial charge in [0.1, 0.15) is 18.0 Å². The van der Waals surface area contributed by atoms with E-state index in [-0.39, 0.29) is 18.3 Å². The third-order valence-electron chi connectivity index (χ3n) is 3.39. The first kappa shape index (κ1) is 24.2. The Bertz CT molecular complexity index is 712. The average molecular weight is 410 g/mol. The predicted octanol–water partition coefficient (Wildman–Crippen LogP) is 2.62. The van der Waals surface area contributed by atoms with E-state index in [0.29, 0.717) is 24.7 Å². The maximum absolute atomic E-state index is 12.9. The molecular weight excluding hydrogens is 377 g/mol. The zero-order valence-electron chi connectivity index (χ0n) is 18.0. The van der Waals surface area contributed by atoms with Crippen LogP contribution in [0.3, 0.4) is 0 Å². The fourth-order valence-electron chi connectivity index (χ4n) is 2.16. The van der Waals surface area contributed by atoms with Crippen molar-refractivity contribution in [2.45, 2.75) is 52.7 Å². The molecule has 0 aliphatic carbocycles. The molecule has 1 rings (SSSR count). The monoisotopic (exact) mass is 409 g/mol. The highest BCUT2D eigenvalue weighted by Crippen LogP contribution is 2.09. The Hall–Kier alpha value is -2.84. The summed E-state index contributed by atoms with van der Waals surface area (Å²) in [5, 5.41) is 11.6. The summed E-state index contributed by atoms with van der Waals surface area (Å²) in [5.74, 6) is -0.275. The summed E-state index contributed by atoms with van der Waals surface area (Å²) in [4.78, 5) is 28.2. The molecule has 0 aliphatic heterocycles. The number of hydrogen-bond donors (Lipinski definition) is 4. The van der Waals surface area contributed by atoms with Gasteiger partial charge in [-0.15, -0.1) is 0 Å². The number of nitrogens with zero attached hydrogens (tertiary/aromatic N) is 1. The fourth-order valence-corrected chi connectivity index (χ4v) is 2.16. The van der Waals surface area contributed by atoms with Crippen LogP contribution in [-0.2, 0) is 9.53 Å². The van der Waals surface area contributed by atoms with Gasteiger partial charge < -0.3 is 26.0 Å². The maximum Gasteiger partial charge on any atom is 0.408 e. The molecule has 9 heteroatoms.